The Hall–Kier alpha value is -3.65. The zero-order chi connectivity index (χ0) is 22.5. The van der Waals surface area contributed by atoms with Crippen molar-refractivity contribution in [3.63, 3.8) is 0 Å². The standard InChI is InChI=1S/C24H25N3O5/c1-2-31-20-10-6-9-17(11-20)24(30)27-15-19(28)13-21(27)23(29)25-14-18-12-22(32-26-18)16-7-4-3-5-8-16/h3-12,19,21,28H,2,13-15H2,1H3,(H,25,29)/t19-,21+/m1/s1. The summed E-state index contributed by atoms with van der Waals surface area (Å²) in [4.78, 5) is 27.3. The van der Waals surface area contributed by atoms with Gasteiger partial charge in [-0.2, -0.15) is 0 Å². The molecule has 32 heavy (non-hydrogen) atoms. The summed E-state index contributed by atoms with van der Waals surface area (Å²) in [6.07, 6.45) is -0.585. The summed E-state index contributed by atoms with van der Waals surface area (Å²) in [7, 11) is 0. The van der Waals surface area contributed by atoms with Gasteiger partial charge in [-0.05, 0) is 25.1 Å². The predicted octanol–water partition coefficient (Wildman–Crippen LogP) is 2.63. The Morgan fingerprint density at radius 2 is 2.00 bits per heavy atom. The largest absolute Gasteiger partial charge is 0.494 e. The number of amides is 2. The number of β-amino-alcohol motifs (C(OH)–C–C–N with tert-alkyl or cyclic N) is 1. The Bertz CT molecular complexity index is 1080. The van der Waals surface area contributed by atoms with E-state index in [1.54, 1.807) is 30.3 Å². The SMILES string of the molecule is CCOc1cccc(C(=O)N2C[C@H](O)C[C@H]2C(=O)NCc2cc(-c3ccccc3)on2)c1. The molecule has 2 atom stereocenters. The van der Waals surface area contributed by atoms with Crippen molar-refractivity contribution in [2.75, 3.05) is 13.2 Å². The van der Waals surface area contributed by atoms with Crippen molar-refractivity contribution < 1.29 is 24.0 Å². The summed E-state index contributed by atoms with van der Waals surface area (Å²) in [6, 6.07) is 17.4. The minimum atomic E-state index is -0.770. The van der Waals surface area contributed by atoms with E-state index in [2.05, 4.69) is 10.5 Å². The van der Waals surface area contributed by atoms with Crippen LogP contribution in [0.3, 0.4) is 0 Å². The molecule has 8 heteroatoms. The smallest absolute Gasteiger partial charge is 0.254 e. The molecule has 0 radical (unpaired) electrons. The van der Waals surface area contributed by atoms with Gasteiger partial charge in [-0.3, -0.25) is 9.59 Å². The van der Waals surface area contributed by atoms with Gasteiger partial charge in [0.15, 0.2) is 5.76 Å². The van der Waals surface area contributed by atoms with Gasteiger partial charge in [0.1, 0.15) is 17.5 Å². The third-order valence-corrected chi connectivity index (χ3v) is 5.30. The van der Waals surface area contributed by atoms with Gasteiger partial charge in [0.2, 0.25) is 5.91 Å². The van der Waals surface area contributed by atoms with E-state index in [1.165, 1.54) is 4.90 Å². The number of benzene rings is 2. The molecule has 1 saturated heterocycles. The molecule has 166 valence electrons. The number of hydrogen-bond donors (Lipinski definition) is 2. The molecule has 2 N–H and O–H groups in total. The fourth-order valence-electron chi connectivity index (χ4n) is 3.77. The Kier molecular flexibility index (Phi) is 6.51. The van der Waals surface area contributed by atoms with Crippen molar-refractivity contribution in [1.82, 2.24) is 15.4 Å². The number of aliphatic hydroxyl groups is 1. The lowest BCUT2D eigenvalue weighted by molar-refractivity contribution is -0.125. The van der Waals surface area contributed by atoms with Gasteiger partial charge in [0.25, 0.3) is 5.91 Å². The van der Waals surface area contributed by atoms with Crippen LogP contribution in [0.1, 0.15) is 29.4 Å². The molecule has 8 nitrogen and oxygen atoms in total. The molecule has 0 saturated carbocycles. The number of carbonyl (C=O) groups excluding carboxylic acids is 2. The van der Waals surface area contributed by atoms with Crippen molar-refractivity contribution >= 4 is 11.8 Å². The zero-order valence-corrected chi connectivity index (χ0v) is 17.7. The van der Waals surface area contributed by atoms with Crippen molar-refractivity contribution in [3.8, 4) is 17.1 Å². The number of carbonyl (C=O) groups is 2. The summed E-state index contributed by atoms with van der Waals surface area (Å²) in [5.74, 6) is 0.521. The number of rotatable bonds is 7. The second-order valence-corrected chi connectivity index (χ2v) is 7.59. The maximum Gasteiger partial charge on any atom is 0.254 e. The Labute approximate surface area is 185 Å². The molecular formula is C24H25N3O5. The summed E-state index contributed by atoms with van der Waals surface area (Å²) >= 11 is 0. The molecule has 0 aliphatic carbocycles. The summed E-state index contributed by atoms with van der Waals surface area (Å²) in [6.45, 7) is 2.60. The fourth-order valence-corrected chi connectivity index (χ4v) is 3.77. The highest BCUT2D eigenvalue weighted by Crippen LogP contribution is 2.23. The molecule has 2 amide bonds. The van der Waals surface area contributed by atoms with Gasteiger partial charge < -0.3 is 24.6 Å². The fraction of sp³-hybridized carbons (Fsp3) is 0.292. The predicted molar refractivity (Wildman–Crippen MR) is 117 cm³/mol. The molecule has 2 aromatic carbocycles. The van der Waals surface area contributed by atoms with E-state index in [-0.39, 0.29) is 31.3 Å². The number of nitrogens with one attached hydrogen (secondary N) is 1. The number of aliphatic hydroxyl groups excluding tert-OH is 1. The van der Waals surface area contributed by atoms with E-state index >= 15 is 0 Å². The van der Waals surface area contributed by atoms with Gasteiger partial charge in [0.05, 0.1) is 19.3 Å². The first-order valence-electron chi connectivity index (χ1n) is 10.6. The first kappa shape index (κ1) is 21.6. The van der Waals surface area contributed by atoms with Crippen LogP contribution in [-0.4, -0.2) is 52.3 Å². The Morgan fingerprint density at radius 1 is 1.19 bits per heavy atom. The molecule has 3 aromatic rings. The number of nitrogens with zero attached hydrogens (tertiary/aromatic N) is 2. The highest BCUT2D eigenvalue weighted by atomic mass is 16.5. The van der Waals surface area contributed by atoms with Gasteiger partial charge >= 0.3 is 0 Å². The molecular weight excluding hydrogens is 410 g/mol. The minimum Gasteiger partial charge on any atom is -0.494 e. The summed E-state index contributed by atoms with van der Waals surface area (Å²) in [5.41, 5.74) is 1.87. The van der Waals surface area contributed by atoms with Crippen LogP contribution in [0.4, 0.5) is 0 Å². The maximum absolute atomic E-state index is 13.1. The Balaban J connectivity index is 1.42. The third-order valence-electron chi connectivity index (χ3n) is 5.30. The molecule has 0 unspecified atom stereocenters. The van der Waals surface area contributed by atoms with Crippen LogP contribution in [0, 0.1) is 0 Å². The first-order chi connectivity index (χ1) is 15.5. The maximum atomic E-state index is 13.1. The second kappa shape index (κ2) is 9.65. The van der Waals surface area contributed by atoms with Crippen molar-refractivity contribution in [2.24, 2.45) is 0 Å². The third kappa shape index (κ3) is 4.81. The van der Waals surface area contributed by atoms with E-state index in [0.29, 0.717) is 29.4 Å². The van der Waals surface area contributed by atoms with Gasteiger partial charge in [-0.25, -0.2) is 0 Å². The molecule has 1 aromatic heterocycles. The van der Waals surface area contributed by atoms with Gasteiger partial charge in [-0.15, -0.1) is 0 Å². The van der Waals surface area contributed by atoms with Crippen LogP contribution in [-0.2, 0) is 11.3 Å². The van der Waals surface area contributed by atoms with Crippen molar-refractivity contribution in [2.45, 2.75) is 32.0 Å². The lowest BCUT2D eigenvalue weighted by atomic mass is 10.1. The first-order valence-corrected chi connectivity index (χ1v) is 10.6. The lowest BCUT2D eigenvalue weighted by Gasteiger charge is -2.23. The monoisotopic (exact) mass is 435 g/mol. The van der Waals surface area contributed by atoms with E-state index < -0.39 is 12.1 Å². The minimum absolute atomic E-state index is 0.0951. The van der Waals surface area contributed by atoms with E-state index in [1.807, 2.05) is 37.3 Å². The van der Waals surface area contributed by atoms with Crippen LogP contribution in [0.25, 0.3) is 11.3 Å². The molecule has 0 bridgehead atoms. The molecule has 1 aliphatic rings. The number of hydrogen-bond acceptors (Lipinski definition) is 6. The highest BCUT2D eigenvalue weighted by molar-refractivity contribution is 5.98. The lowest BCUT2D eigenvalue weighted by Crippen LogP contribution is -2.45. The van der Waals surface area contributed by atoms with Crippen LogP contribution in [0.2, 0.25) is 0 Å². The molecule has 4 rings (SSSR count). The van der Waals surface area contributed by atoms with Crippen LogP contribution in [0.5, 0.6) is 5.75 Å². The quantitative estimate of drug-likeness (QED) is 0.591. The van der Waals surface area contributed by atoms with E-state index in [9.17, 15) is 14.7 Å². The Morgan fingerprint density at radius 3 is 2.78 bits per heavy atom. The average Bonchev–Trinajstić information content (AvgIpc) is 3.45. The van der Waals surface area contributed by atoms with E-state index in [0.717, 1.165) is 5.56 Å². The van der Waals surface area contributed by atoms with Crippen molar-refractivity contribution in [1.29, 1.82) is 0 Å². The number of likely N-dealkylation sites (tertiary alicyclic amines) is 1. The molecule has 1 fully saturated rings. The average molecular weight is 435 g/mol. The summed E-state index contributed by atoms with van der Waals surface area (Å²) < 4.78 is 10.8. The highest BCUT2D eigenvalue weighted by Gasteiger charge is 2.39. The number of ether oxygens (including phenoxy) is 1. The topological polar surface area (TPSA) is 105 Å². The van der Waals surface area contributed by atoms with Crippen LogP contribution in [0.15, 0.2) is 65.2 Å². The van der Waals surface area contributed by atoms with Crippen LogP contribution < -0.4 is 10.1 Å². The van der Waals surface area contributed by atoms with E-state index in [4.69, 9.17) is 9.26 Å². The zero-order valence-electron chi connectivity index (χ0n) is 17.7. The molecule has 0 spiro atoms. The normalized spacial score (nSPS) is 17.9. The summed E-state index contributed by atoms with van der Waals surface area (Å²) in [5, 5.41) is 16.9. The van der Waals surface area contributed by atoms with Crippen LogP contribution >= 0.6 is 0 Å². The second-order valence-electron chi connectivity index (χ2n) is 7.59. The van der Waals surface area contributed by atoms with Gasteiger partial charge in [0, 0.05) is 30.2 Å². The van der Waals surface area contributed by atoms with Crippen molar-refractivity contribution in [3.05, 3.63) is 71.9 Å². The van der Waals surface area contributed by atoms with Gasteiger partial charge in [-0.1, -0.05) is 41.6 Å². The molecule has 2 heterocycles. The molecule has 1 aliphatic heterocycles. The number of aromatic nitrogens is 1.